The van der Waals surface area contributed by atoms with Crippen LogP contribution in [0.3, 0.4) is 0 Å². The van der Waals surface area contributed by atoms with Gasteiger partial charge in [-0.05, 0) is 38.3 Å². The van der Waals surface area contributed by atoms with Crippen LogP contribution in [0.4, 0.5) is 13.2 Å². The Morgan fingerprint density at radius 1 is 1.19 bits per heavy atom. The minimum atomic E-state index is -4.70. The van der Waals surface area contributed by atoms with E-state index in [9.17, 15) is 22.8 Å². The molecule has 1 saturated heterocycles. The number of amides is 2. The molecule has 2 aromatic heterocycles. The molecule has 2 N–H and O–H groups in total. The summed E-state index contributed by atoms with van der Waals surface area (Å²) < 4.78 is 41.7. The zero-order valence-electron chi connectivity index (χ0n) is 17.3. The molecule has 0 radical (unpaired) electrons. The summed E-state index contributed by atoms with van der Waals surface area (Å²) >= 11 is 0. The van der Waals surface area contributed by atoms with Gasteiger partial charge in [0, 0.05) is 12.7 Å². The molecule has 1 atom stereocenters. The number of hydrogen-bond donors (Lipinski definition) is 1. The third kappa shape index (κ3) is 4.02. The van der Waals surface area contributed by atoms with E-state index in [2.05, 4.69) is 15.0 Å². The van der Waals surface area contributed by atoms with E-state index in [4.69, 9.17) is 5.73 Å². The van der Waals surface area contributed by atoms with Crippen molar-refractivity contribution in [1.82, 2.24) is 24.4 Å². The third-order valence-corrected chi connectivity index (χ3v) is 5.59. The van der Waals surface area contributed by atoms with Crippen molar-refractivity contribution in [3.8, 4) is 0 Å². The molecule has 0 spiro atoms. The molecule has 11 heteroatoms. The Labute approximate surface area is 181 Å². The van der Waals surface area contributed by atoms with Gasteiger partial charge in [-0.1, -0.05) is 12.1 Å². The molecule has 1 aliphatic rings. The number of likely N-dealkylation sites (tertiary alicyclic amines) is 1. The predicted molar refractivity (Wildman–Crippen MR) is 108 cm³/mol. The molecule has 0 unspecified atom stereocenters. The molecule has 32 heavy (non-hydrogen) atoms. The van der Waals surface area contributed by atoms with Crippen molar-refractivity contribution in [3.63, 3.8) is 0 Å². The summed E-state index contributed by atoms with van der Waals surface area (Å²) in [5.41, 5.74) is 6.28. The highest BCUT2D eigenvalue weighted by Crippen LogP contribution is 2.33. The number of hydrogen-bond acceptors (Lipinski definition) is 5. The first kappa shape index (κ1) is 21.7. The van der Waals surface area contributed by atoms with Crippen LogP contribution in [0.1, 0.15) is 53.0 Å². The maximum absolute atomic E-state index is 13.6. The minimum Gasteiger partial charge on any atom is -0.365 e. The van der Waals surface area contributed by atoms with Gasteiger partial charge in [0.15, 0.2) is 5.82 Å². The lowest BCUT2D eigenvalue weighted by atomic mass is 10.0. The number of fused-ring (bicyclic) bond motifs is 1. The van der Waals surface area contributed by atoms with Crippen molar-refractivity contribution < 1.29 is 22.8 Å². The van der Waals surface area contributed by atoms with Crippen LogP contribution >= 0.6 is 0 Å². The number of alkyl halides is 3. The normalized spacial score (nSPS) is 17.0. The van der Waals surface area contributed by atoms with Gasteiger partial charge in [-0.3, -0.25) is 9.59 Å². The maximum Gasteiger partial charge on any atom is 0.449 e. The second-order valence-corrected chi connectivity index (χ2v) is 7.70. The predicted octanol–water partition coefficient (Wildman–Crippen LogP) is 3.01. The number of benzene rings is 1. The van der Waals surface area contributed by atoms with E-state index in [1.807, 2.05) is 0 Å². The van der Waals surface area contributed by atoms with Crippen LogP contribution in [0, 0.1) is 6.92 Å². The van der Waals surface area contributed by atoms with Crippen LogP contribution in [-0.4, -0.2) is 42.8 Å². The fraction of sp³-hybridized carbons (Fsp3) is 0.381. The minimum absolute atomic E-state index is 0.170. The first-order valence-corrected chi connectivity index (χ1v) is 10.1. The number of carbonyl (C=O) groups is 2. The lowest BCUT2D eigenvalue weighted by molar-refractivity contribution is -0.148. The van der Waals surface area contributed by atoms with Gasteiger partial charge in [-0.15, -0.1) is 0 Å². The number of carbonyl (C=O) groups excluding carboxylic acids is 2. The molecular weight excluding hydrogens is 425 g/mol. The van der Waals surface area contributed by atoms with E-state index < -0.39 is 36.4 Å². The summed E-state index contributed by atoms with van der Waals surface area (Å²) in [6.45, 7) is 1.48. The number of aromatic nitrogens is 4. The number of halogens is 3. The van der Waals surface area contributed by atoms with Gasteiger partial charge in [0.1, 0.15) is 6.54 Å². The number of nitrogens with two attached hydrogens (primary N) is 1. The Hall–Kier alpha value is -3.50. The van der Waals surface area contributed by atoms with Crippen molar-refractivity contribution in [2.75, 3.05) is 6.54 Å². The smallest absolute Gasteiger partial charge is 0.365 e. The molecule has 1 aromatic carbocycles. The second-order valence-electron chi connectivity index (χ2n) is 7.70. The number of rotatable bonds is 4. The van der Waals surface area contributed by atoms with Crippen molar-refractivity contribution in [1.29, 1.82) is 0 Å². The standard InChI is InChI=1S/C21H21F3N6O2/c1-12-13(18(25)32)10-26-19(27-12)16-8-4-5-9-29(16)17(31)11-30-15-7-3-2-6-14(15)28-20(30)21(22,23)24/h2-3,6-7,10,16H,4-5,8-9,11H2,1H3,(H2,25,32)/t16-/m0/s1. The molecule has 4 rings (SSSR count). The quantitative estimate of drug-likeness (QED) is 0.663. The number of primary amides is 1. The second kappa shape index (κ2) is 8.21. The van der Waals surface area contributed by atoms with Crippen molar-refractivity contribution in [2.45, 2.75) is 44.9 Å². The molecule has 2 amide bonds. The lowest BCUT2D eigenvalue weighted by Gasteiger charge is -2.35. The monoisotopic (exact) mass is 446 g/mol. The van der Waals surface area contributed by atoms with Gasteiger partial charge in [-0.2, -0.15) is 13.2 Å². The highest BCUT2D eigenvalue weighted by atomic mass is 19.4. The van der Waals surface area contributed by atoms with Gasteiger partial charge in [0.05, 0.1) is 28.3 Å². The first-order valence-electron chi connectivity index (χ1n) is 10.1. The zero-order chi connectivity index (χ0) is 23.0. The van der Waals surface area contributed by atoms with Crippen LogP contribution in [-0.2, 0) is 17.5 Å². The average molecular weight is 446 g/mol. The van der Waals surface area contributed by atoms with E-state index in [0.29, 0.717) is 24.5 Å². The van der Waals surface area contributed by atoms with E-state index >= 15 is 0 Å². The lowest BCUT2D eigenvalue weighted by Crippen LogP contribution is -2.41. The topological polar surface area (TPSA) is 107 Å². The average Bonchev–Trinajstić information content (AvgIpc) is 3.12. The molecule has 0 saturated carbocycles. The molecule has 1 aliphatic heterocycles. The van der Waals surface area contributed by atoms with Gasteiger partial charge in [-0.25, -0.2) is 15.0 Å². The van der Waals surface area contributed by atoms with Crippen molar-refractivity contribution in [3.05, 3.63) is 53.4 Å². The molecular formula is C21H21F3N6O2. The SMILES string of the molecule is Cc1nc([C@@H]2CCCCN2C(=O)Cn2c(C(F)(F)F)nc3ccccc32)ncc1C(N)=O. The maximum atomic E-state index is 13.6. The molecule has 3 heterocycles. The highest BCUT2D eigenvalue weighted by Gasteiger charge is 2.39. The van der Waals surface area contributed by atoms with E-state index in [-0.39, 0.29) is 16.6 Å². The number of para-hydroxylation sites is 2. The van der Waals surface area contributed by atoms with Crippen LogP contribution in [0.5, 0.6) is 0 Å². The summed E-state index contributed by atoms with van der Waals surface area (Å²) in [5.74, 6) is -1.91. The molecule has 0 bridgehead atoms. The molecule has 8 nitrogen and oxygen atoms in total. The summed E-state index contributed by atoms with van der Waals surface area (Å²) in [4.78, 5) is 38.4. The molecule has 3 aromatic rings. The largest absolute Gasteiger partial charge is 0.449 e. The molecule has 1 fully saturated rings. The fourth-order valence-corrected chi connectivity index (χ4v) is 4.06. The molecule has 0 aliphatic carbocycles. The number of nitrogens with zero attached hydrogens (tertiary/aromatic N) is 5. The van der Waals surface area contributed by atoms with Crippen LogP contribution < -0.4 is 5.73 Å². The van der Waals surface area contributed by atoms with Gasteiger partial charge >= 0.3 is 6.18 Å². The summed E-state index contributed by atoms with van der Waals surface area (Å²) in [7, 11) is 0. The highest BCUT2D eigenvalue weighted by molar-refractivity contribution is 5.93. The first-order chi connectivity index (χ1) is 15.2. The van der Waals surface area contributed by atoms with Crippen LogP contribution in [0.2, 0.25) is 0 Å². The molecule has 168 valence electrons. The number of aryl methyl sites for hydroxylation is 1. The number of imidazole rings is 1. The van der Waals surface area contributed by atoms with Crippen LogP contribution in [0.25, 0.3) is 11.0 Å². The fourth-order valence-electron chi connectivity index (χ4n) is 4.06. The summed E-state index contributed by atoms with van der Waals surface area (Å²) in [6, 6.07) is 5.68. The van der Waals surface area contributed by atoms with Gasteiger partial charge < -0.3 is 15.2 Å². The Morgan fingerprint density at radius 3 is 2.62 bits per heavy atom. The zero-order valence-corrected chi connectivity index (χ0v) is 17.3. The summed E-state index contributed by atoms with van der Waals surface area (Å²) in [6.07, 6.45) is -1.28. The van der Waals surface area contributed by atoms with Gasteiger partial charge in [0.2, 0.25) is 11.7 Å². The van der Waals surface area contributed by atoms with Gasteiger partial charge in [0.25, 0.3) is 5.91 Å². The summed E-state index contributed by atoms with van der Waals surface area (Å²) in [5, 5.41) is 0. The van der Waals surface area contributed by atoms with E-state index in [0.717, 1.165) is 17.4 Å². The van der Waals surface area contributed by atoms with Crippen LogP contribution in [0.15, 0.2) is 30.5 Å². The number of piperidine rings is 1. The van der Waals surface area contributed by atoms with Crippen molar-refractivity contribution >= 4 is 22.8 Å². The Balaban J connectivity index is 1.67. The van der Waals surface area contributed by atoms with E-state index in [1.165, 1.54) is 23.2 Å². The Morgan fingerprint density at radius 2 is 1.94 bits per heavy atom. The van der Waals surface area contributed by atoms with Crippen molar-refractivity contribution in [2.24, 2.45) is 5.73 Å². The third-order valence-electron chi connectivity index (χ3n) is 5.59. The van der Waals surface area contributed by atoms with E-state index in [1.54, 1.807) is 19.1 Å². The Bertz CT molecular complexity index is 1190. The Kier molecular flexibility index (Phi) is 5.57.